The van der Waals surface area contributed by atoms with E-state index in [1.54, 1.807) is 11.0 Å². The van der Waals surface area contributed by atoms with E-state index in [4.69, 9.17) is 4.74 Å². The minimum Gasteiger partial charge on any atom is -0.490 e. The quantitative estimate of drug-likeness (QED) is 0.635. The fourth-order valence-electron chi connectivity index (χ4n) is 4.45. The lowest BCUT2D eigenvalue weighted by Crippen LogP contribution is -2.52. The van der Waals surface area contributed by atoms with Crippen molar-refractivity contribution in [3.63, 3.8) is 0 Å². The fourth-order valence-corrected chi connectivity index (χ4v) is 4.45. The molecular formula is C23H24N4O4. The average molecular weight is 420 g/mol. The van der Waals surface area contributed by atoms with Crippen LogP contribution in [0.4, 0.5) is 5.69 Å². The lowest BCUT2D eigenvalue weighted by molar-refractivity contribution is -0.136. The SMILES string of the molecule is O=C1CCC(N2Cc3c(CNCc4ccc5c(c4)OCCN5)cccc3C2=O)C(=O)N1. The smallest absolute Gasteiger partial charge is 0.255 e. The summed E-state index contributed by atoms with van der Waals surface area (Å²) < 4.78 is 5.70. The van der Waals surface area contributed by atoms with Gasteiger partial charge in [0.25, 0.3) is 5.91 Å². The zero-order valence-corrected chi connectivity index (χ0v) is 17.1. The van der Waals surface area contributed by atoms with E-state index in [2.05, 4.69) is 22.0 Å². The number of carbonyl (C=O) groups excluding carboxylic acids is 3. The van der Waals surface area contributed by atoms with E-state index >= 15 is 0 Å². The number of piperidine rings is 1. The molecule has 2 aromatic carbocycles. The number of nitrogens with one attached hydrogen (secondary N) is 3. The molecular weight excluding hydrogens is 396 g/mol. The van der Waals surface area contributed by atoms with Gasteiger partial charge in [-0.2, -0.15) is 0 Å². The van der Waals surface area contributed by atoms with E-state index in [0.717, 1.165) is 34.7 Å². The van der Waals surface area contributed by atoms with Gasteiger partial charge in [-0.15, -0.1) is 0 Å². The molecule has 0 spiro atoms. The molecule has 3 aliphatic heterocycles. The van der Waals surface area contributed by atoms with Gasteiger partial charge < -0.3 is 20.3 Å². The molecule has 31 heavy (non-hydrogen) atoms. The molecule has 8 heteroatoms. The van der Waals surface area contributed by atoms with E-state index in [1.165, 1.54) is 0 Å². The van der Waals surface area contributed by atoms with Crippen LogP contribution in [0.25, 0.3) is 0 Å². The zero-order valence-electron chi connectivity index (χ0n) is 17.1. The van der Waals surface area contributed by atoms with Crippen LogP contribution >= 0.6 is 0 Å². The molecule has 3 N–H and O–H groups in total. The largest absolute Gasteiger partial charge is 0.490 e. The number of amides is 3. The highest BCUT2D eigenvalue weighted by Gasteiger charge is 2.39. The Balaban J connectivity index is 1.26. The van der Waals surface area contributed by atoms with Crippen LogP contribution in [0.1, 0.15) is 39.9 Å². The Bertz CT molecular complexity index is 1070. The third kappa shape index (κ3) is 3.74. The Morgan fingerprint density at radius 2 is 2.03 bits per heavy atom. The zero-order chi connectivity index (χ0) is 21.4. The van der Waals surface area contributed by atoms with Crippen LogP contribution in [0.15, 0.2) is 36.4 Å². The number of carbonyl (C=O) groups is 3. The average Bonchev–Trinajstić information content (AvgIpc) is 3.11. The second-order valence-corrected chi connectivity index (χ2v) is 8.05. The number of hydrogen-bond acceptors (Lipinski definition) is 6. The maximum absolute atomic E-state index is 12.9. The number of anilines is 1. The molecule has 8 nitrogen and oxygen atoms in total. The summed E-state index contributed by atoms with van der Waals surface area (Å²) >= 11 is 0. The van der Waals surface area contributed by atoms with E-state index < -0.39 is 6.04 Å². The summed E-state index contributed by atoms with van der Waals surface area (Å²) in [4.78, 5) is 38.2. The third-order valence-corrected chi connectivity index (χ3v) is 6.04. The van der Waals surface area contributed by atoms with Gasteiger partial charge in [-0.3, -0.25) is 19.7 Å². The summed E-state index contributed by atoms with van der Waals surface area (Å²) in [5.41, 5.74) is 4.76. The monoisotopic (exact) mass is 420 g/mol. The Kier molecular flexibility index (Phi) is 5.07. The van der Waals surface area contributed by atoms with Crippen molar-refractivity contribution in [1.29, 1.82) is 0 Å². The molecule has 0 aromatic heterocycles. The molecule has 0 bridgehead atoms. The molecule has 3 heterocycles. The fraction of sp³-hybridized carbons (Fsp3) is 0.348. The first kappa shape index (κ1) is 19.6. The molecule has 2 aromatic rings. The van der Waals surface area contributed by atoms with E-state index in [9.17, 15) is 14.4 Å². The normalized spacial score (nSPS) is 19.9. The molecule has 1 fully saturated rings. The van der Waals surface area contributed by atoms with Gasteiger partial charge in [0.15, 0.2) is 0 Å². The summed E-state index contributed by atoms with van der Waals surface area (Å²) in [5.74, 6) is 0.0576. The van der Waals surface area contributed by atoms with Crippen molar-refractivity contribution in [2.45, 2.75) is 38.5 Å². The Hall–Kier alpha value is -3.39. The standard InChI is InChI=1S/C23H24N4O4/c28-21-7-6-19(22(29)26-21)27-13-17-15(2-1-3-16(17)23(27)30)12-24-11-14-4-5-18-20(10-14)31-9-8-25-18/h1-5,10,19,24-25H,6-9,11-13H2,(H,26,28,29). The van der Waals surface area contributed by atoms with Gasteiger partial charge in [-0.1, -0.05) is 18.2 Å². The van der Waals surface area contributed by atoms with Crippen LogP contribution in [0, 0.1) is 0 Å². The first-order valence-corrected chi connectivity index (χ1v) is 10.6. The van der Waals surface area contributed by atoms with Crippen LogP contribution in [0.5, 0.6) is 5.75 Å². The highest BCUT2D eigenvalue weighted by Crippen LogP contribution is 2.30. The minimum atomic E-state index is -0.595. The molecule has 0 aliphatic carbocycles. The van der Waals surface area contributed by atoms with E-state index in [-0.39, 0.29) is 24.1 Å². The number of ether oxygens (including phenoxy) is 1. The Labute approximate surface area is 179 Å². The summed E-state index contributed by atoms with van der Waals surface area (Å²) in [6, 6.07) is 11.2. The van der Waals surface area contributed by atoms with Gasteiger partial charge in [0, 0.05) is 38.2 Å². The highest BCUT2D eigenvalue weighted by atomic mass is 16.5. The highest BCUT2D eigenvalue weighted by molar-refractivity contribution is 6.05. The van der Waals surface area contributed by atoms with Crippen LogP contribution in [-0.4, -0.2) is 41.8 Å². The van der Waals surface area contributed by atoms with Crippen molar-refractivity contribution in [3.8, 4) is 5.75 Å². The minimum absolute atomic E-state index is 0.148. The predicted octanol–water partition coefficient (Wildman–Crippen LogP) is 1.54. The molecule has 160 valence electrons. The molecule has 0 radical (unpaired) electrons. The lowest BCUT2D eigenvalue weighted by Gasteiger charge is -2.29. The van der Waals surface area contributed by atoms with Gasteiger partial charge in [0.1, 0.15) is 18.4 Å². The van der Waals surface area contributed by atoms with Crippen molar-refractivity contribution < 1.29 is 19.1 Å². The van der Waals surface area contributed by atoms with Gasteiger partial charge in [-0.05, 0) is 41.3 Å². The van der Waals surface area contributed by atoms with Crippen molar-refractivity contribution in [2.75, 3.05) is 18.5 Å². The molecule has 5 rings (SSSR count). The lowest BCUT2D eigenvalue weighted by atomic mass is 10.0. The summed E-state index contributed by atoms with van der Waals surface area (Å²) in [5, 5.41) is 9.10. The van der Waals surface area contributed by atoms with E-state index in [1.807, 2.05) is 24.3 Å². The molecule has 3 aliphatic rings. The predicted molar refractivity (Wildman–Crippen MR) is 113 cm³/mol. The Morgan fingerprint density at radius 1 is 1.13 bits per heavy atom. The number of hydrogen-bond donors (Lipinski definition) is 3. The van der Waals surface area contributed by atoms with Crippen LogP contribution in [0.2, 0.25) is 0 Å². The van der Waals surface area contributed by atoms with Crippen molar-refractivity contribution in [1.82, 2.24) is 15.5 Å². The number of benzene rings is 2. The molecule has 0 saturated carbocycles. The molecule has 1 atom stereocenters. The molecule has 3 amide bonds. The number of nitrogens with zero attached hydrogens (tertiary/aromatic N) is 1. The molecule has 1 saturated heterocycles. The molecule has 1 unspecified atom stereocenters. The topological polar surface area (TPSA) is 99.8 Å². The summed E-state index contributed by atoms with van der Waals surface area (Å²) in [6.07, 6.45) is 0.623. The second kappa shape index (κ2) is 8.03. The van der Waals surface area contributed by atoms with Gasteiger partial charge in [0.05, 0.1) is 5.69 Å². The second-order valence-electron chi connectivity index (χ2n) is 8.05. The van der Waals surface area contributed by atoms with E-state index in [0.29, 0.717) is 38.2 Å². The van der Waals surface area contributed by atoms with Crippen LogP contribution in [0.3, 0.4) is 0 Å². The number of fused-ring (bicyclic) bond motifs is 2. The summed E-state index contributed by atoms with van der Waals surface area (Å²) in [6.45, 7) is 3.15. The maximum atomic E-state index is 12.9. The number of imide groups is 1. The van der Waals surface area contributed by atoms with Crippen LogP contribution < -0.4 is 20.7 Å². The first-order valence-electron chi connectivity index (χ1n) is 10.6. The maximum Gasteiger partial charge on any atom is 0.255 e. The Morgan fingerprint density at radius 3 is 2.90 bits per heavy atom. The van der Waals surface area contributed by atoms with Gasteiger partial charge >= 0.3 is 0 Å². The van der Waals surface area contributed by atoms with Gasteiger partial charge in [-0.25, -0.2) is 0 Å². The van der Waals surface area contributed by atoms with Gasteiger partial charge in [0.2, 0.25) is 11.8 Å². The third-order valence-electron chi connectivity index (χ3n) is 6.04. The van der Waals surface area contributed by atoms with Crippen molar-refractivity contribution >= 4 is 23.4 Å². The van der Waals surface area contributed by atoms with Crippen LogP contribution in [-0.2, 0) is 29.2 Å². The van der Waals surface area contributed by atoms with Crippen molar-refractivity contribution in [3.05, 3.63) is 58.7 Å². The first-order chi connectivity index (χ1) is 15.1. The summed E-state index contributed by atoms with van der Waals surface area (Å²) in [7, 11) is 0. The number of rotatable bonds is 5. The van der Waals surface area contributed by atoms with Crippen molar-refractivity contribution in [2.24, 2.45) is 0 Å².